The predicted octanol–water partition coefficient (Wildman–Crippen LogP) is 6.43. The van der Waals surface area contributed by atoms with Crippen molar-refractivity contribution in [2.24, 2.45) is 0 Å². The highest BCUT2D eigenvalue weighted by atomic mass is 16.6. The molecule has 11 nitrogen and oxygen atoms in total. The third-order valence-electron chi connectivity index (χ3n) is 8.40. The van der Waals surface area contributed by atoms with Crippen LogP contribution in [0.15, 0.2) is 116 Å². The lowest BCUT2D eigenvalue weighted by atomic mass is 10.1. The number of aromatic nitrogens is 4. The molecular weight excluding hydrogens is 590 g/mol. The summed E-state index contributed by atoms with van der Waals surface area (Å²) < 4.78 is 1.78. The molecule has 1 saturated heterocycles. The molecular formula is C36H35N9O2. The lowest BCUT2D eigenvalue weighted by Crippen LogP contribution is -2.44. The summed E-state index contributed by atoms with van der Waals surface area (Å²) in [4.78, 5) is 33.0. The summed E-state index contributed by atoms with van der Waals surface area (Å²) in [6, 6.07) is 35.3. The van der Waals surface area contributed by atoms with Gasteiger partial charge in [-0.25, -0.2) is 4.98 Å². The molecule has 236 valence electrons. The molecule has 1 fully saturated rings. The number of nitrogens with zero attached hydrogens (tertiary/aromatic N) is 8. The van der Waals surface area contributed by atoms with Crippen molar-refractivity contribution in [3.8, 4) is 5.69 Å². The Balaban J connectivity index is 1.33. The van der Waals surface area contributed by atoms with Crippen LogP contribution in [0.3, 0.4) is 0 Å². The van der Waals surface area contributed by atoms with E-state index in [2.05, 4.69) is 63.5 Å². The minimum atomic E-state index is -0.398. The summed E-state index contributed by atoms with van der Waals surface area (Å²) in [6.07, 6.45) is 1.66. The van der Waals surface area contributed by atoms with Gasteiger partial charge in [0.25, 0.3) is 5.69 Å². The van der Waals surface area contributed by atoms with Gasteiger partial charge in [0, 0.05) is 62.8 Å². The van der Waals surface area contributed by atoms with E-state index in [1.165, 1.54) is 12.1 Å². The summed E-state index contributed by atoms with van der Waals surface area (Å²) in [7, 11) is 2.15. The lowest BCUT2D eigenvalue weighted by molar-refractivity contribution is -0.384. The molecule has 7 rings (SSSR count). The second-order valence-electron chi connectivity index (χ2n) is 11.7. The second kappa shape index (κ2) is 13.3. The van der Waals surface area contributed by atoms with Gasteiger partial charge in [0.2, 0.25) is 5.95 Å². The Kier molecular flexibility index (Phi) is 8.44. The molecule has 47 heavy (non-hydrogen) atoms. The van der Waals surface area contributed by atoms with Crippen LogP contribution in [0.1, 0.15) is 11.1 Å². The van der Waals surface area contributed by atoms with Gasteiger partial charge in [-0.3, -0.25) is 14.7 Å². The van der Waals surface area contributed by atoms with Crippen molar-refractivity contribution in [3.63, 3.8) is 0 Å². The van der Waals surface area contributed by atoms with E-state index in [9.17, 15) is 10.1 Å². The Morgan fingerprint density at radius 3 is 2.13 bits per heavy atom. The molecule has 4 aromatic carbocycles. The van der Waals surface area contributed by atoms with Gasteiger partial charge in [-0.2, -0.15) is 9.97 Å². The maximum Gasteiger partial charge on any atom is 0.271 e. The molecule has 0 atom stereocenters. The number of benzene rings is 4. The number of fused-ring (bicyclic) bond motifs is 1. The zero-order chi connectivity index (χ0) is 32.2. The number of nitrogens with one attached hydrogen (secondary N) is 1. The molecule has 1 aliphatic rings. The van der Waals surface area contributed by atoms with E-state index in [-0.39, 0.29) is 5.69 Å². The minimum Gasteiger partial charge on any atom is -0.369 e. The number of imidazole rings is 1. The fourth-order valence-electron chi connectivity index (χ4n) is 5.89. The Morgan fingerprint density at radius 2 is 1.45 bits per heavy atom. The molecule has 1 N–H and O–H groups in total. The lowest BCUT2D eigenvalue weighted by Gasteiger charge is -2.34. The van der Waals surface area contributed by atoms with Crippen LogP contribution in [0, 0.1) is 10.1 Å². The Morgan fingerprint density at radius 1 is 0.787 bits per heavy atom. The van der Waals surface area contributed by atoms with Gasteiger partial charge in [-0.1, -0.05) is 72.8 Å². The maximum absolute atomic E-state index is 11.6. The largest absolute Gasteiger partial charge is 0.369 e. The monoisotopic (exact) mass is 625 g/mol. The number of likely N-dealkylation sites (N-methyl/N-ethyl adjacent to an activating group) is 1. The van der Waals surface area contributed by atoms with Gasteiger partial charge >= 0.3 is 0 Å². The van der Waals surface area contributed by atoms with E-state index in [4.69, 9.17) is 15.0 Å². The average molecular weight is 626 g/mol. The van der Waals surface area contributed by atoms with E-state index in [0.717, 1.165) is 48.7 Å². The molecule has 0 aliphatic carbocycles. The summed E-state index contributed by atoms with van der Waals surface area (Å²) in [5, 5.41) is 15.1. The van der Waals surface area contributed by atoms with E-state index in [1.54, 1.807) is 17.0 Å². The van der Waals surface area contributed by atoms with Gasteiger partial charge in [-0.05, 0) is 42.4 Å². The molecule has 6 aromatic rings. The summed E-state index contributed by atoms with van der Waals surface area (Å²) >= 11 is 0. The Labute approximate surface area is 272 Å². The van der Waals surface area contributed by atoms with E-state index in [0.29, 0.717) is 41.7 Å². The molecule has 1 aliphatic heterocycles. The number of piperazine rings is 1. The van der Waals surface area contributed by atoms with Gasteiger partial charge in [0.15, 0.2) is 17.0 Å². The fourth-order valence-corrected chi connectivity index (χ4v) is 5.89. The molecule has 2 aromatic heterocycles. The SMILES string of the molecule is CN1CCN(c2cccc(Nc3nc(N(Cc4ccccc4)Cc4ccccc4)c4ncn(-c5cccc([N+](=O)[O-])c5)c4n3)c2)CC1. The molecule has 0 bridgehead atoms. The minimum absolute atomic E-state index is 0.00696. The first-order valence-electron chi connectivity index (χ1n) is 15.6. The van der Waals surface area contributed by atoms with Crippen LogP contribution >= 0.6 is 0 Å². The van der Waals surface area contributed by atoms with Crippen LogP contribution in [-0.4, -0.2) is 62.6 Å². The van der Waals surface area contributed by atoms with Crippen LogP contribution < -0.4 is 15.1 Å². The molecule has 0 amide bonds. The molecule has 3 heterocycles. The first kappa shape index (κ1) is 29.9. The topological polar surface area (TPSA) is 108 Å². The zero-order valence-electron chi connectivity index (χ0n) is 26.1. The van der Waals surface area contributed by atoms with Crippen LogP contribution in [0.25, 0.3) is 16.9 Å². The van der Waals surface area contributed by atoms with Gasteiger partial charge in [-0.15, -0.1) is 0 Å². The highest BCUT2D eigenvalue weighted by molar-refractivity contribution is 5.86. The van der Waals surface area contributed by atoms with Crippen LogP contribution in [-0.2, 0) is 13.1 Å². The van der Waals surface area contributed by atoms with E-state index in [1.807, 2.05) is 54.6 Å². The van der Waals surface area contributed by atoms with Gasteiger partial charge in [0.1, 0.15) is 6.33 Å². The first-order chi connectivity index (χ1) is 23.0. The molecule has 0 unspecified atom stereocenters. The number of nitro benzene ring substituents is 1. The third-order valence-corrected chi connectivity index (χ3v) is 8.40. The highest BCUT2D eigenvalue weighted by Crippen LogP contribution is 2.31. The highest BCUT2D eigenvalue weighted by Gasteiger charge is 2.22. The standard InChI is InChI=1S/C36H35N9O2/c1-41-18-20-42(21-19-41)30-15-8-14-29(22-30)38-36-39-34(43(24-27-10-4-2-5-11-27)25-28-12-6-3-7-13-28)33-35(40-36)44(26-37-33)31-16-9-17-32(23-31)45(46)47/h2-17,22-23,26H,18-21,24-25H2,1H3,(H,38,39,40). The van der Waals surface area contributed by atoms with Gasteiger partial charge < -0.3 is 20.0 Å². The molecule has 0 radical (unpaired) electrons. The number of hydrogen-bond acceptors (Lipinski definition) is 9. The Hall–Kier alpha value is -5.81. The van der Waals surface area contributed by atoms with Crippen molar-refractivity contribution in [1.29, 1.82) is 0 Å². The molecule has 11 heteroatoms. The van der Waals surface area contributed by atoms with Crippen molar-refractivity contribution < 1.29 is 4.92 Å². The number of nitro groups is 1. The first-order valence-corrected chi connectivity index (χ1v) is 15.6. The van der Waals surface area contributed by atoms with Gasteiger partial charge in [0.05, 0.1) is 10.6 Å². The summed E-state index contributed by atoms with van der Waals surface area (Å²) in [5.41, 5.74) is 5.98. The normalized spacial score (nSPS) is 13.5. The summed E-state index contributed by atoms with van der Waals surface area (Å²) in [5.74, 6) is 1.06. The second-order valence-corrected chi connectivity index (χ2v) is 11.7. The number of hydrogen-bond donors (Lipinski definition) is 1. The van der Waals surface area contributed by atoms with Crippen LogP contribution in [0.2, 0.25) is 0 Å². The van der Waals surface area contributed by atoms with Crippen molar-refractivity contribution in [2.75, 3.05) is 48.3 Å². The van der Waals surface area contributed by atoms with E-state index >= 15 is 0 Å². The third kappa shape index (κ3) is 6.75. The van der Waals surface area contributed by atoms with Crippen molar-refractivity contribution >= 4 is 40.0 Å². The molecule has 0 spiro atoms. The van der Waals surface area contributed by atoms with Crippen molar-refractivity contribution in [2.45, 2.75) is 13.1 Å². The number of anilines is 4. The number of non-ortho nitro benzene ring substituents is 1. The van der Waals surface area contributed by atoms with Crippen molar-refractivity contribution in [3.05, 3.63) is 137 Å². The Bertz CT molecular complexity index is 1950. The number of rotatable bonds is 10. The maximum atomic E-state index is 11.6. The molecule has 0 saturated carbocycles. The fraction of sp³-hybridized carbons (Fsp3) is 0.194. The quantitative estimate of drug-likeness (QED) is 0.136. The average Bonchev–Trinajstić information content (AvgIpc) is 3.53. The van der Waals surface area contributed by atoms with Crippen LogP contribution in [0.4, 0.5) is 28.8 Å². The smallest absolute Gasteiger partial charge is 0.271 e. The summed E-state index contributed by atoms with van der Waals surface area (Å²) in [6.45, 7) is 5.13. The van der Waals surface area contributed by atoms with Crippen LogP contribution in [0.5, 0.6) is 0 Å². The van der Waals surface area contributed by atoms with Crippen molar-refractivity contribution in [1.82, 2.24) is 24.4 Å². The van der Waals surface area contributed by atoms with E-state index < -0.39 is 4.92 Å². The predicted molar refractivity (Wildman–Crippen MR) is 186 cm³/mol. The zero-order valence-corrected chi connectivity index (χ0v) is 26.1.